The molecule has 2 aromatic rings. The molecular weight excluding hydrogens is 299 g/mol. The fraction of sp³-hybridized carbons (Fsp3) is 0.0714. The number of hydrogen-bond donors (Lipinski definition) is 1. The molecule has 0 heterocycles. The smallest absolute Gasteiger partial charge is 0.282 e. The van der Waals surface area contributed by atoms with Crippen LogP contribution < -0.4 is 5.32 Å². The molecule has 0 saturated heterocycles. The number of amides is 1. The highest BCUT2D eigenvalue weighted by Gasteiger charge is 2.20. The Kier molecular flexibility index (Phi) is 4.49. The quantitative estimate of drug-likeness (QED) is 0.531. The Hall–Kier alpha value is -2.47. The van der Waals surface area contributed by atoms with Crippen LogP contribution in [0.25, 0.3) is 0 Å². The van der Waals surface area contributed by atoms with E-state index < -0.39 is 22.3 Å². The monoisotopic (exact) mass is 308 g/mol. The molecule has 0 atom stereocenters. The van der Waals surface area contributed by atoms with E-state index >= 15 is 0 Å². The van der Waals surface area contributed by atoms with E-state index in [1.54, 1.807) is 24.3 Å². The Labute approximate surface area is 124 Å². The van der Waals surface area contributed by atoms with E-state index in [9.17, 15) is 19.3 Å². The number of rotatable bonds is 4. The largest absolute Gasteiger partial charge is 0.322 e. The van der Waals surface area contributed by atoms with Crippen molar-refractivity contribution in [3.05, 3.63) is 69.5 Å². The van der Waals surface area contributed by atoms with Crippen LogP contribution in [0, 0.1) is 15.9 Å². The molecule has 0 saturated carbocycles. The lowest BCUT2D eigenvalue weighted by atomic mass is 10.1. The van der Waals surface area contributed by atoms with Gasteiger partial charge < -0.3 is 5.32 Å². The van der Waals surface area contributed by atoms with Crippen LogP contribution >= 0.6 is 11.6 Å². The van der Waals surface area contributed by atoms with Crippen molar-refractivity contribution >= 4 is 28.9 Å². The number of nitrogens with one attached hydrogen (secondary N) is 1. The summed E-state index contributed by atoms with van der Waals surface area (Å²) in [5.74, 6) is -1.13. The van der Waals surface area contributed by atoms with Crippen molar-refractivity contribution in [2.45, 2.75) is 5.88 Å². The van der Waals surface area contributed by atoms with Gasteiger partial charge in [0.05, 0.1) is 4.92 Å². The van der Waals surface area contributed by atoms with Gasteiger partial charge in [-0.2, -0.15) is 0 Å². The second-order valence-electron chi connectivity index (χ2n) is 4.20. The first-order valence-corrected chi connectivity index (χ1v) is 6.45. The van der Waals surface area contributed by atoms with Crippen LogP contribution in [-0.2, 0) is 5.88 Å². The molecule has 5 nitrogen and oxygen atoms in total. The topological polar surface area (TPSA) is 72.2 Å². The summed E-state index contributed by atoms with van der Waals surface area (Å²) in [6, 6.07) is 9.37. The number of hydrogen-bond acceptors (Lipinski definition) is 3. The van der Waals surface area contributed by atoms with E-state index in [2.05, 4.69) is 5.32 Å². The molecule has 21 heavy (non-hydrogen) atoms. The summed E-state index contributed by atoms with van der Waals surface area (Å²) in [7, 11) is 0. The van der Waals surface area contributed by atoms with E-state index in [1.807, 2.05) is 0 Å². The van der Waals surface area contributed by atoms with Gasteiger partial charge in [0.1, 0.15) is 11.4 Å². The van der Waals surface area contributed by atoms with Crippen molar-refractivity contribution in [2.75, 3.05) is 5.32 Å². The molecule has 2 aromatic carbocycles. The highest BCUT2D eigenvalue weighted by molar-refractivity contribution is 6.17. The fourth-order valence-electron chi connectivity index (χ4n) is 1.72. The fourth-order valence-corrected chi connectivity index (χ4v) is 1.90. The second kappa shape index (κ2) is 6.32. The number of alkyl halides is 1. The highest BCUT2D eigenvalue weighted by Crippen LogP contribution is 2.21. The van der Waals surface area contributed by atoms with Gasteiger partial charge in [-0.05, 0) is 29.8 Å². The zero-order valence-corrected chi connectivity index (χ0v) is 11.4. The molecular formula is C14H10ClFN2O3. The average Bonchev–Trinajstić information content (AvgIpc) is 2.47. The first-order chi connectivity index (χ1) is 10.0. The van der Waals surface area contributed by atoms with Gasteiger partial charge in [0.2, 0.25) is 0 Å². The average molecular weight is 309 g/mol. The van der Waals surface area contributed by atoms with Gasteiger partial charge in [0, 0.05) is 17.6 Å². The Morgan fingerprint density at radius 2 is 1.90 bits per heavy atom. The number of benzene rings is 2. The molecule has 0 unspecified atom stereocenters. The van der Waals surface area contributed by atoms with E-state index in [-0.39, 0.29) is 5.56 Å². The number of carbonyl (C=O) groups excluding carboxylic acids is 1. The van der Waals surface area contributed by atoms with Crippen LogP contribution in [-0.4, -0.2) is 10.8 Å². The molecule has 0 aliphatic rings. The van der Waals surface area contributed by atoms with Gasteiger partial charge in [-0.15, -0.1) is 11.6 Å². The number of nitrogens with zero attached hydrogens (tertiary/aromatic N) is 1. The van der Waals surface area contributed by atoms with Gasteiger partial charge in [-0.25, -0.2) is 4.39 Å². The zero-order valence-electron chi connectivity index (χ0n) is 10.7. The second-order valence-corrected chi connectivity index (χ2v) is 4.47. The summed E-state index contributed by atoms with van der Waals surface area (Å²) in [6.45, 7) is 0. The predicted octanol–water partition coefficient (Wildman–Crippen LogP) is 3.73. The first kappa shape index (κ1) is 14.9. The van der Waals surface area contributed by atoms with Crippen molar-refractivity contribution in [1.82, 2.24) is 0 Å². The Morgan fingerprint density at radius 1 is 1.24 bits per heavy atom. The maximum atomic E-state index is 13.2. The minimum atomic E-state index is -0.750. The van der Waals surface area contributed by atoms with Gasteiger partial charge in [-0.3, -0.25) is 14.9 Å². The molecule has 1 amide bonds. The van der Waals surface area contributed by atoms with Crippen molar-refractivity contribution in [3.63, 3.8) is 0 Å². The Morgan fingerprint density at radius 3 is 2.48 bits per heavy atom. The maximum absolute atomic E-state index is 13.2. The third kappa shape index (κ3) is 3.55. The predicted molar refractivity (Wildman–Crippen MR) is 77.0 cm³/mol. The Balaban J connectivity index is 2.27. The molecule has 1 N–H and O–H groups in total. The summed E-state index contributed by atoms with van der Waals surface area (Å²) < 4.78 is 13.2. The molecule has 0 aliphatic carbocycles. The molecule has 7 heteroatoms. The summed E-state index contributed by atoms with van der Waals surface area (Å²) in [4.78, 5) is 22.2. The number of nitro benzene ring substituents is 1. The molecule has 0 aliphatic heterocycles. The number of carbonyl (C=O) groups is 1. The SMILES string of the molecule is O=C(Nc1ccc(CCl)cc1)c1cc(F)ccc1[N+](=O)[O-]. The molecule has 0 fully saturated rings. The van der Waals surface area contributed by atoms with Crippen LogP contribution in [0.4, 0.5) is 15.8 Å². The molecule has 0 bridgehead atoms. The lowest BCUT2D eigenvalue weighted by molar-refractivity contribution is -0.385. The van der Waals surface area contributed by atoms with Crippen LogP contribution in [0.5, 0.6) is 0 Å². The van der Waals surface area contributed by atoms with Crippen LogP contribution in [0.3, 0.4) is 0 Å². The number of nitro groups is 1. The lowest BCUT2D eigenvalue weighted by Gasteiger charge is -2.06. The third-order valence-corrected chi connectivity index (χ3v) is 3.07. The minimum Gasteiger partial charge on any atom is -0.322 e. The summed E-state index contributed by atoms with van der Waals surface area (Å²) in [6.07, 6.45) is 0. The highest BCUT2D eigenvalue weighted by atomic mass is 35.5. The van der Waals surface area contributed by atoms with Gasteiger partial charge >= 0.3 is 0 Å². The summed E-state index contributed by atoms with van der Waals surface area (Å²) in [5, 5.41) is 13.3. The van der Waals surface area contributed by atoms with Gasteiger partial charge in [-0.1, -0.05) is 12.1 Å². The summed E-state index contributed by atoms with van der Waals surface area (Å²) >= 11 is 5.65. The van der Waals surface area contributed by atoms with Crippen molar-refractivity contribution < 1.29 is 14.1 Å². The Bertz CT molecular complexity index is 689. The van der Waals surface area contributed by atoms with E-state index in [0.717, 1.165) is 23.8 Å². The van der Waals surface area contributed by atoms with Gasteiger partial charge in [0.25, 0.3) is 11.6 Å². The molecule has 0 aromatic heterocycles. The van der Waals surface area contributed by atoms with Crippen molar-refractivity contribution in [1.29, 1.82) is 0 Å². The zero-order chi connectivity index (χ0) is 15.4. The molecule has 2 rings (SSSR count). The minimum absolute atomic E-state index is 0.332. The molecule has 0 spiro atoms. The lowest BCUT2D eigenvalue weighted by Crippen LogP contribution is -2.14. The van der Waals surface area contributed by atoms with Crippen molar-refractivity contribution in [2.24, 2.45) is 0 Å². The van der Waals surface area contributed by atoms with E-state index in [0.29, 0.717) is 11.6 Å². The van der Waals surface area contributed by atoms with Crippen molar-refractivity contribution in [3.8, 4) is 0 Å². The standard InChI is InChI=1S/C14H10ClFN2O3/c15-8-9-1-4-11(5-2-9)17-14(19)12-7-10(16)3-6-13(12)18(20)21/h1-7H,8H2,(H,17,19). The third-order valence-electron chi connectivity index (χ3n) is 2.77. The van der Waals surface area contributed by atoms with Crippen LogP contribution in [0.15, 0.2) is 42.5 Å². The van der Waals surface area contributed by atoms with Crippen LogP contribution in [0.2, 0.25) is 0 Å². The van der Waals surface area contributed by atoms with Gasteiger partial charge in [0.15, 0.2) is 0 Å². The first-order valence-electron chi connectivity index (χ1n) is 5.91. The maximum Gasteiger partial charge on any atom is 0.282 e. The molecule has 108 valence electrons. The van der Waals surface area contributed by atoms with E-state index in [4.69, 9.17) is 11.6 Å². The number of anilines is 1. The molecule has 0 radical (unpaired) electrons. The number of halogens is 2. The normalized spacial score (nSPS) is 10.2. The summed E-state index contributed by atoms with van der Waals surface area (Å²) in [5.41, 5.74) is 0.520. The van der Waals surface area contributed by atoms with E-state index in [1.165, 1.54) is 0 Å². The van der Waals surface area contributed by atoms with Crippen LogP contribution in [0.1, 0.15) is 15.9 Å².